The maximum atomic E-state index is 11.8. The van der Waals surface area contributed by atoms with Gasteiger partial charge in [-0.25, -0.2) is 4.79 Å². The van der Waals surface area contributed by atoms with Crippen LogP contribution in [0.15, 0.2) is 24.3 Å². The maximum Gasteiger partial charge on any atom is 0.317 e. The zero-order valence-electron chi connectivity index (χ0n) is 12.6. The molecule has 7 nitrogen and oxygen atoms in total. The average molecular weight is 317 g/mol. The first-order chi connectivity index (χ1) is 11.0. The number of hydrogen-bond acceptors (Lipinski definition) is 3. The van der Waals surface area contributed by atoms with E-state index in [4.69, 9.17) is 5.11 Å². The number of aliphatic carboxylic acids is 1. The summed E-state index contributed by atoms with van der Waals surface area (Å²) >= 11 is 0. The van der Waals surface area contributed by atoms with Gasteiger partial charge in [-0.2, -0.15) is 0 Å². The predicted octanol–water partition coefficient (Wildman–Crippen LogP) is 0.549. The molecule has 3 N–H and O–H groups in total. The van der Waals surface area contributed by atoms with Crippen molar-refractivity contribution < 1.29 is 19.5 Å². The van der Waals surface area contributed by atoms with Crippen molar-refractivity contribution in [3.8, 4) is 0 Å². The summed E-state index contributed by atoms with van der Waals surface area (Å²) in [6, 6.07) is 7.64. The third-order valence-corrected chi connectivity index (χ3v) is 4.25. The third kappa shape index (κ3) is 3.61. The lowest BCUT2D eigenvalue weighted by Gasteiger charge is -2.14. The van der Waals surface area contributed by atoms with E-state index in [1.54, 1.807) is 4.90 Å². The van der Waals surface area contributed by atoms with E-state index in [-0.39, 0.29) is 17.9 Å². The van der Waals surface area contributed by atoms with E-state index in [9.17, 15) is 14.4 Å². The molecule has 1 aromatic rings. The van der Waals surface area contributed by atoms with Gasteiger partial charge in [-0.3, -0.25) is 9.59 Å². The highest BCUT2D eigenvalue weighted by Crippen LogP contribution is 2.38. The van der Waals surface area contributed by atoms with Crippen LogP contribution >= 0.6 is 0 Å². The van der Waals surface area contributed by atoms with Crippen molar-refractivity contribution in [2.45, 2.75) is 19.5 Å². The molecule has 0 spiro atoms. The van der Waals surface area contributed by atoms with Gasteiger partial charge in [0.25, 0.3) is 0 Å². The summed E-state index contributed by atoms with van der Waals surface area (Å²) in [4.78, 5) is 35.8. The minimum absolute atomic E-state index is 0.0428. The maximum absolute atomic E-state index is 11.8. The zero-order chi connectivity index (χ0) is 16.4. The summed E-state index contributed by atoms with van der Waals surface area (Å²) in [5.74, 6) is -2.01. The Morgan fingerprint density at radius 3 is 2.48 bits per heavy atom. The molecule has 2 fully saturated rings. The van der Waals surface area contributed by atoms with Gasteiger partial charge in [0.2, 0.25) is 5.91 Å². The number of nitrogens with one attached hydrogen (secondary N) is 2. The first kappa shape index (κ1) is 15.3. The highest BCUT2D eigenvalue weighted by atomic mass is 16.4. The molecule has 2 aliphatic rings. The quantitative estimate of drug-likeness (QED) is 0.713. The van der Waals surface area contributed by atoms with Crippen molar-refractivity contribution in [3.63, 3.8) is 0 Å². The Labute approximate surface area is 133 Å². The number of nitrogens with zero attached hydrogens (tertiary/aromatic N) is 1. The van der Waals surface area contributed by atoms with E-state index in [1.165, 1.54) is 0 Å². The number of rotatable bonds is 6. The van der Waals surface area contributed by atoms with E-state index in [0.717, 1.165) is 11.1 Å². The lowest BCUT2D eigenvalue weighted by atomic mass is 10.1. The molecular weight excluding hydrogens is 298 g/mol. The number of urea groups is 1. The van der Waals surface area contributed by atoms with Gasteiger partial charge in [-0.05, 0) is 17.5 Å². The summed E-state index contributed by atoms with van der Waals surface area (Å²) in [5, 5.41) is 14.3. The predicted molar refractivity (Wildman–Crippen MR) is 81.3 cm³/mol. The first-order valence-corrected chi connectivity index (χ1v) is 7.65. The van der Waals surface area contributed by atoms with Crippen molar-refractivity contribution in [3.05, 3.63) is 35.4 Å². The lowest BCUT2D eigenvalue weighted by molar-refractivity contribution is -0.140. The molecule has 23 heavy (non-hydrogen) atoms. The Kier molecular flexibility index (Phi) is 4.18. The van der Waals surface area contributed by atoms with E-state index in [0.29, 0.717) is 32.6 Å². The molecule has 1 aliphatic heterocycles. The van der Waals surface area contributed by atoms with Gasteiger partial charge >= 0.3 is 12.0 Å². The van der Waals surface area contributed by atoms with Crippen LogP contribution in [0.25, 0.3) is 0 Å². The van der Waals surface area contributed by atoms with Crippen molar-refractivity contribution in [1.82, 2.24) is 15.5 Å². The number of benzene rings is 1. The van der Waals surface area contributed by atoms with Crippen molar-refractivity contribution in [2.24, 2.45) is 11.8 Å². The Balaban J connectivity index is 1.47. The zero-order valence-corrected chi connectivity index (χ0v) is 12.6. The van der Waals surface area contributed by atoms with Crippen LogP contribution in [0.5, 0.6) is 0 Å². The summed E-state index contributed by atoms with van der Waals surface area (Å²) in [6.45, 7) is 2.34. The van der Waals surface area contributed by atoms with Crippen LogP contribution in [0.2, 0.25) is 0 Å². The third-order valence-electron chi connectivity index (χ3n) is 4.25. The average Bonchev–Trinajstić information content (AvgIpc) is 3.25. The summed E-state index contributed by atoms with van der Waals surface area (Å²) in [7, 11) is 0. The van der Waals surface area contributed by atoms with Crippen LogP contribution < -0.4 is 10.6 Å². The normalized spacial score (nSPS) is 22.6. The Hall–Kier alpha value is -2.57. The van der Waals surface area contributed by atoms with Crippen LogP contribution in [0, 0.1) is 11.8 Å². The van der Waals surface area contributed by atoms with E-state index >= 15 is 0 Å². The number of carboxylic acids is 1. The topological polar surface area (TPSA) is 98.7 Å². The Morgan fingerprint density at radius 1 is 1.22 bits per heavy atom. The molecule has 0 unspecified atom stereocenters. The molecule has 0 aromatic heterocycles. The largest absolute Gasteiger partial charge is 0.481 e. The summed E-state index contributed by atoms with van der Waals surface area (Å²) < 4.78 is 0. The minimum Gasteiger partial charge on any atom is -0.481 e. The van der Waals surface area contributed by atoms with Crippen LogP contribution in [-0.4, -0.2) is 41.0 Å². The molecule has 1 heterocycles. The van der Waals surface area contributed by atoms with E-state index < -0.39 is 11.9 Å². The Bertz CT molecular complexity index is 629. The standard InChI is InChI=1S/C16H19N3O4/c20-14(12-7-13(12)15(21)22)18-8-10-1-3-11(4-2-10)9-19-6-5-17-16(19)23/h1-4,12-13H,5-9H2,(H,17,23)(H,18,20)(H,21,22)/t12-,13+/m0/s1. The molecule has 1 aromatic carbocycles. The monoisotopic (exact) mass is 317 g/mol. The van der Waals surface area contributed by atoms with Crippen LogP contribution in [0.1, 0.15) is 17.5 Å². The van der Waals surface area contributed by atoms with Crippen LogP contribution in [0.3, 0.4) is 0 Å². The van der Waals surface area contributed by atoms with Gasteiger partial charge in [0, 0.05) is 26.2 Å². The molecule has 1 aliphatic carbocycles. The number of carboxylic acid groups (broad SMARTS) is 1. The summed E-state index contributed by atoms with van der Waals surface area (Å²) in [5.41, 5.74) is 1.98. The molecule has 7 heteroatoms. The van der Waals surface area contributed by atoms with Crippen molar-refractivity contribution in [1.29, 1.82) is 0 Å². The minimum atomic E-state index is -0.902. The molecule has 122 valence electrons. The second-order valence-electron chi connectivity index (χ2n) is 5.97. The fraction of sp³-hybridized carbons (Fsp3) is 0.438. The molecule has 0 radical (unpaired) electrons. The second kappa shape index (κ2) is 6.28. The number of hydrogen-bond donors (Lipinski definition) is 3. The molecule has 3 amide bonds. The highest BCUT2D eigenvalue weighted by Gasteiger charge is 2.48. The van der Waals surface area contributed by atoms with Crippen molar-refractivity contribution in [2.75, 3.05) is 13.1 Å². The molecule has 1 saturated heterocycles. The fourth-order valence-electron chi connectivity index (χ4n) is 2.72. The van der Waals surface area contributed by atoms with Gasteiger partial charge in [-0.15, -0.1) is 0 Å². The first-order valence-electron chi connectivity index (χ1n) is 7.65. The molecule has 1 saturated carbocycles. The van der Waals surface area contributed by atoms with Gasteiger partial charge in [-0.1, -0.05) is 24.3 Å². The van der Waals surface area contributed by atoms with Crippen LogP contribution in [0.4, 0.5) is 4.79 Å². The lowest BCUT2D eigenvalue weighted by Crippen LogP contribution is -2.27. The van der Waals surface area contributed by atoms with Gasteiger partial charge in [0.15, 0.2) is 0 Å². The molecule has 2 atom stereocenters. The smallest absolute Gasteiger partial charge is 0.317 e. The van der Waals surface area contributed by atoms with Gasteiger partial charge in [0.1, 0.15) is 0 Å². The van der Waals surface area contributed by atoms with E-state index in [1.807, 2.05) is 24.3 Å². The fourth-order valence-corrected chi connectivity index (χ4v) is 2.72. The van der Waals surface area contributed by atoms with Crippen molar-refractivity contribution >= 4 is 17.9 Å². The van der Waals surface area contributed by atoms with E-state index in [2.05, 4.69) is 10.6 Å². The molecule has 0 bridgehead atoms. The number of carbonyl (C=O) groups is 3. The number of amides is 3. The second-order valence-corrected chi connectivity index (χ2v) is 5.97. The summed E-state index contributed by atoms with van der Waals surface area (Å²) in [6.07, 6.45) is 0.429. The van der Waals surface area contributed by atoms with Crippen LogP contribution in [-0.2, 0) is 22.7 Å². The van der Waals surface area contributed by atoms with Gasteiger partial charge < -0.3 is 20.6 Å². The number of carbonyl (C=O) groups excluding carboxylic acids is 2. The molecular formula is C16H19N3O4. The SMILES string of the molecule is O=C(NCc1ccc(CN2CCNC2=O)cc1)[C@H]1C[C@H]1C(=O)O. The molecule has 3 rings (SSSR count). The highest BCUT2D eigenvalue weighted by molar-refractivity contribution is 5.89. The Morgan fingerprint density at radius 2 is 1.91 bits per heavy atom. The van der Waals surface area contributed by atoms with Gasteiger partial charge in [0.05, 0.1) is 11.8 Å².